The van der Waals surface area contributed by atoms with Gasteiger partial charge in [-0.15, -0.1) is 12.6 Å². The topological polar surface area (TPSA) is 0 Å². The number of thiol groups is 1. The normalized spacial score (nSPS) is 8.45. The standard InChI is InChI=1S/C8H10S.C2H6/c1-6-3-4-8(9)7(2)5-6;1-2/h3-5,9H,1-2H3;1-2H3. The average Bonchev–Trinajstić information content (AvgIpc) is 2.02. The lowest BCUT2D eigenvalue weighted by molar-refractivity contribution is 1.27. The maximum absolute atomic E-state index is 4.25. The summed E-state index contributed by atoms with van der Waals surface area (Å²) in [6.45, 7) is 8.15. The van der Waals surface area contributed by atoms with Crippen molar-refractivity contribution in [3.05, 3.63) is 29.3 Å². The average molecular weight is 168 g/mol. The second-order valence-electron chi connectivity index (χ2n) is 2.29. The Labute approximate surface area is 75.1 Å². The zero-order chi connectivity index (χ0) is 8.85. The van der Waals surface area contributed by atoms with Crippen LogP contribution in [0.1, 0.15) is 25.0 Å². The molecule has 0 nitrogen and oxygen atoms in total. The maximum atomic E-state index is 4.25. The van der Waals surface area contributed by atoms with Gasteiger partial charge in [0.2, 0.25) is 0 Å². The summed E-state index contributed by atoms with van der Waals surface area (Å²) in [4.78, 5) is 1.07. The molecule has 0 aromatic heterocycles. The summed E-state index contributed by atoms with van der Waals surface area (Å²) in [6, 6.07) is 6.21. The van der Waals surface area contributed by atoms with E-state index in [9.17, 15) is 0 Å². The highest BCUT2D eigenvalue weighted by atomic mass is 32.1. The van der Waals surface area contributed by atoms with Crippen LogP contribution in [0, 0.1) is 13.8 Å². The molecule has 62 valence electrons. The van der Waals surface area contributed by atoms with Gasteiger partial charge in [0.1, 0.15) is 0 Å². The molecule has 0 unspecified atom stereocenters. The molecule has 0 atom stereocenters. The van der Waals surface area contributed by atoms with Crippen LogP contribution in [-0.2, 0) is 0 Å². The van der Waals surface area contributed by atoms with Crippen molar-refractivity contribution in [2.75, 3.05) is 0 Å². The summed E-state index contributed by atoms with van der Waals surface area (Å²) in [6.07, 6.45) is 0. The van der Waals surface area contributed by atoms with Gasteiger partial charge in [-0.25, -0.2) is 0 Å². The van der Waals surface area contributed by atoms with Crippen LogP contribution in [0.5, 0.6) is 0 Å². The first-order valence-electron chi connectivity index (χ1n) is 3.96. The highest BCUT2D eigenvalue weighted by molar-refractivity contribution is 7.80. The molecule has 0 aliphatic heterocycles. The van der Waals surface area contributed by atoms with Gasteiger partial charge in [-0.05, 0) is 25.5 Å². The summed E-state index contributed by atoms with van der Waals surface area (Å²) in [5.41, 5.74) is 2.55. The Kier molecular flexibility index (Phi) is 5.05. The van der Waals surface area contributed by atoms with E-state index in [0.717, 1.165) is 4.90 Å². The van der Waals surface area contributed by atoms with Crippen molar-refractivity contribution in [2.45, 2.75) is 32.6 Å². The molecule has 11 heavy (non-hydrogen) atoms. The molecule has 0 amide bonds. The fourth-order valence-electron chi connectivity index (χ4n) is 0.805. The summed E-state index contributed by atoms with van der Waals surface area (Å²) in [5, 5.41) is 0. The van der Waals surface area contributed by atoms with Crippen LogP contribution in [0.25, 0.3) is 0 Å². The number of rotatable bonds is 0. The van der Waals surface area contributed by atoms with E-state index in [0.29, 0.717) is 0 Å². The lowest BCUT2D eigenvalue weighted by atomic mass is 10.2. The van der Waals surface area contributed by atoms with E-state index in [4.69, 9.17) is 0 Å². The quantitative estimate of drug-likeness (QED) is 0.562. The Morgan fingerprint density at radius 2 is 1.64 bits per heavy atom. The molecule has 0 N–H and O–H groups in total. The maximum Gasteiger partial charge on any atom is 0.00694 e. The zero-order valence-electron chi connectivity index (χ0n) is 7.68. The van der Waals surface area contributed by atoms with Crippen molar-refractivity contribution in [3.8, 4) is 0 Å². The van der Waals surface area contributed by atoms with Gasteiger partial charge < -0.3 is 0 Å². The minimum atomic E-state index is 1.07. The first kappa shape index (κ1) is 10.6. The number of hydrogen-bond donors (Lipinski definition) is 1. The number of hydrogen-bond acceptors (Lipinski definition) is 1. The predicted octanol–water partition coefficient (Wildman–Crippen LogP) is 3.62. The van der Waals surface area contributed by atoms with Crippen molar-refractivity contribution < 1.29 is 0 Å². The van der Waals surface area contributed by atoms with Crippen LogP contribution in [0.3, 0.4) is 0 Å². The first-order valence-corrected chi connectivity index (χ1v) is 4.41. The van der Waals surface area contributed by atoms with Crippen LogP contribution < -0.4 is 0 Å². The molecule has 0 aliphatic rings. The third-order valence-electron chi connectivity index (χ3n) is 1.35. The van der Waals surface area contributed by atoms with Crippen LogP contribution in [0.2, 0.25) is 0 Å². The van der Waals surface area contributed by atoms with Gasteiger partial charge in [0.15, 0.2) is 0 Å². The Bertz CT molecular complexity index is 216. The summed E-state index contributed by atoms with van der Waals surface area (Å²) < 4.78 is 0. The molecular weight excluding hydrogens is 152 g/mol. The predicted molar refractivity (Wildman–Crippen MR) is 54.5 cm³/mol. The molecular formula is C10H16S. The number of aryl methyl sites for hydroxylation is 2. The third kappa shape index (κ3) is 3.47. The van der Waals surface area contributed by atoms with Crippen LogP contribution in [0.4, 0.5) is 0 Å². The smallest absolute Gasteiger partial charge is 0.00694 e. The van der Waals surface area contributed by atoms with Gasteiger partial charge in [0.05, 0.1) is 0 Å². The Morgan fingerprint density at radius 3 is 2.00 bits per heavy atom. The van der Waals surface area contributed by atoms with Gasteiger partial charge in [-0.3, -0.25) is 0 Å². The molecule has 1 heteroatoms. The van der Waals surface area contributed by atoms with E-state index in [-0.39, 0.29) is 0 Å². The van der Waals surface area contributed by atoms with Crippen molar-refractivity contribution in [2.24, 2.45) is 0 Å². The highest BCUT2D eigenvalue weighted by Crippen LogP contribution is 2.13. The van der Waals surface area contributed by atoms with Crippen LogP contribution >= 0.6 is 12.6 Å². The zero-order valence-corrected chi connectivity index (χ0v) is 8.57. The van der Waals surface area contributed by atoms with Gasteiger partial charge in [-0.2, -0.15) is 0 Å². The summed E-state index contributed by atoms with van der Waals surface area (Å²) in [5.74, 6) is 0. The first-order chi connectivity index (χ1) is 5.20. The summed E-state index contributed by atoms with van der Waals surface area (Å²) >= 11 is 4.25. The van der Waals surface area contributed by atoms with Crippen LogP contribution in [0.15, 0.2) is 23.1 Å². The Balaban J connectivity index is 0.000000461. The van der Waals surface area contributed by atoms with E-state index in [1.807, 2.05) is 19.9 Å². The molecule has 0 radical (unpaired) electrons. The minimum absolute atomic E-state index is 1.07. The second kappa shape index (κ2) is 5.25. The van der Waals surface area contributed by atoms with E-state index >= 15 is 0 Å². The largest absolute Gasteiger partial charge is 0.143 e. The lowest BCUT2D eigenvalue weighted by Crippen LogP contribution is -1.76. The van der Waals surface area contributed by atoms with E-state index < -0.39 is 0 Å². The molecule has 0 bridgehead atoms. The second-order valence-corrected chi connectivity index (χ2v) is 2.77. The van der Waals surface area contributed by atoms with Gasteiger partial charge in [0.25, 0.3) is 0 Å². The minimum Gasteiger partial charge on any atom is -0.143 e. The fraction of sp³-hybridized carbons (Fsp3) is 0.400. The van der Waals surface area contributed by atoms with Gasteiger partial charge in [0, 0.05) is 4.90 Å². The van der Waals surface area contributed by atoms with E-state index in [1.54, 1.807) is 0 Å². The molecule has 0 saturated carbocycles. The highest BCUT2D eigenvalue weighted by Gasteiger charge is 1.89. The molecule has 0 fully saturated rings. The molecule has 0 heterocycles. The molecule has 1 aromatic carbocycles. The lowest BCUT2D eigenvalue weighted by Gasteiger charge is -1.97. The van der Waals surface area contributed by atoms with E-state index in [2.05, 4.69) is 38.6 Å². The van der Waals surface area contributed by atoms with Crippen LogP contribution in [-0.4, -0.2) is 0 Å². The van der Waals surface area contributed by atoms with Gasteiger partial charge >= 0.3 is 0 Å². The third-order valence-corrected chi connectivity index (χ3v) is 1.85. The Morgan fingerprint density at radius 1 is 1.09 bits per heavy atom. The van der Waals surface area contributed by atoms with Crippen molar-refractivity contribution in [1.82, 2.24) is 0 Å². The van der Waals surface area contributed by atoms with E-state index in [1.165, 1.54) is 11.1 Å². The van der Waals surface area contributed by atoms with Crippen molar-refractivity contribution in [1.29, 1.82) is 0 Å². The van der Waals surface area contributed by atoms with Gasteiger partial charge in [-0.1, -0.05) is 31.5 Å². The molecule has 1 rings (SSSR count). The molecule has 1 aromatic rings. The molecule has 0 aliphatic carbocycles. The van der Waals surface area contributed by atoms with Crippen molar-refractivity contribution in [3.63, 3.8) is 0 Å². The fourth-order valence-corrected chi connectivity index (χ4v) is 0.944. The Hall–Kier alpha value is -0.430. The monoisotopic (exact) mass is 168 g/mol. The molecule has 0 saturated heterocycles. The molecule has 0 spiro atoms. The summed E-state index contributed by atoms with van der Waals surface area (Å²) in [7, 11) is 0. The SMILES string of the molecule is CC.Cc1ccc(S)c(C)c1. The van der Waals surface area contributed by atoms with Crippen molar-refractivity contribution >= 4 is 12.6 Å². The number of benzene rings is 1.